The Kier molecular flexibility index (Phi) is 3.42. The van der Waals surface area contributed by atoms with Crippen LogP contribution in [0.2, 0.25) is 0 Å². The molecule has 114 valence electrons. The summed E-state index contributed by atoms with van der Waals surface area (Å²) in [5.41, 5.74) is 0.205. The largest absolute Gasteiger partial charge is 0.459 e. The van der Waals surface area contributed by atoms with Gasteiger partial charge in [-0.3, -0.25) is 0 Å². The van der Waals surface area contributed by atoms with Crippen molar-refractivity contribution in [2.75, 3.05) is 0 Å². The molecule has 0 aromatic rings. The molecule has 0 N–H and O–H groups in total. The first-order valence-electron chi connectivity index (χ1n) is 7.63. The van der Waals surface area contributed by atoms with E-state index in [9.17, 15) is 9.59 Å². The lowest BCUT2D eigenvalue weighted by Crippen LogP contribution is -2.35. The molecule has 3 aliphatic carbocycles. The quantitative estimate of drug-likeness (QED) is 0.590. The number of hydrogen-bond donors (Lipinski definition) is 0. The number of fused-ring (bicyclic) bond motifs is 5. The van der Waals surface area contributed by atoms with Crippen LogP contribution >= 0.6 is 0 Å². The monoisotopic (exact) mass is 290 g/mol. The van der Waals surface area contributed by atoms with Crippen LogP contribution in [0.1, 0.15) is 32.6 Å². The average molecular weight is 290 g/mol. The van der Waals surface area contributed by atoms with Gasteiger partial charge in [-0.15, -0.1) is 0 Å². The summed E-state index contributed by atoms with van der Waals surface area (Å²) in [6.07, 6.45) is 6.28. The molecule has 3 rings (SSSR count). The molecule has 0 radical (unpaired) electrons. The van der Waals surface area contributed by atoms with Gasteiger partial charge in [0.1, 0.15) is 12.2 Å². The second kappa shape index (κ2) is 5.00. The van der Waals surface area contributed by atoms with Crippen molar-refractivity contribution in [3.63, 3.8) is 0 Å². The number of ether oxygens (including phenoxy) is 2. The van der Waals surface area contributed by atoms with Gasteiger partial charge in [-0.25, -0.2) is 9.59 Å². The van der Waals surface area contributed by atoms with Crippen molar-refractivity contribution in [3.8, 4) is 0 Å². The van der Waals surface area contributed by atoms with Crippen molar-refractivity contribution >= 4 is 11.9 Å². The molecule has 3 fully saturated rings. The van der Waals surface area contributed by atoms with Crippen LogP contribution in [-0.2, 0) is 19.1 Å². The van der Waals surface area contributed by atoms with E-state index in [4.69, 9.17) is 9.47 Å². The third kappa shape index (κ3) is 2.30. The fraction of sp³-hybridized carbons (Fsp3) is 0.647. The first-order valence-corrected chi connectivity index (χ1v) is 7.63. The molecule has 0 aliphatic heterocycles. The number of carbonyl (C=O) groups excluding carboxylic acids is 2. The molecule has 0 aromatic carbocycles. The van der Waals surface area contributed by atoms with Gasteiger partial charge in [-0.2, -0.15) is 0 Å². The summed E-state index contributed by atoms with van der Waals surface area (Å²) in [6.45, 7) is 9.19. The Morgan fingerprint density at radius 3 is 2.38 bits per heavy atom. The zero-order valence-corrected chi connectivity index (χ0v) is 12.4. The minimum atomic E-state index is -0.341. The van der Waals surface area contributed by atoms with Gasteiger partial charge in [0.2, 0.25) is 0 Å². The number of carbonyl (C=O) groups is 2. The highest BCUT2D eigenvalue weighted by Crippen LogP contribution is 2.66. The SMILES string of the molecule is C=CC(=O)OC1CC2C3CC(C)(CC3OC(=O)C=C)C2C1. The predicted octanol–water partition coefficient (Wildman–Crippen LogP) is 2.64. The molecule has 2 bridgehead atoms. The fourth-order valence-corrected chi connectivity index (χ4v) is 5.03. The summed E-state index contributed by atoms with van der Waals surface area (Å²) in [5, 5.41) is 0. The van der Waals surface area contributed by atoms with E-state index in [1.54, 1.807) is 0 Å². The third-order valence-corrected chi connectivity index (χ3v) is 5.74. The van der Waals surface area contributed by atoms with Crippen LogP contribution in [0.25, 0.3) is 0 Å². The zero-order valence-electron chi connectivity index (χ0n) is 12.4. The lowest BCUT2D eigenvalue weighted by molar-refractivity contribution is -0.147. The zero-order chi connectivity index (χ0) is 15.2. The average Bonchev–Trinajstić information content (AvgIpc) is 3.07. The van der Waals surface area contributed by atoms with Gasteiger partial charge < -0.3 is 9.47 Å². The molecule has 0 heterocycles. The van der Waals surface area contributed by atoms with E-state index in [1.165, 1.54) is 12.2 Å². The number of esters is 2. The van der Waals surface area contributed by atoms with Gasteiger partial charge in [-0.05, 0) is 48.9 Å². The van der Waals surface area contributed by atoms with Crippen LogP contribution in [-0.4, -0.2) is 24.1 Å². The van der Waals surface area contributed by atoms with Crippen LogP contribution in [0.15, 0.2) is 25.3 Å². The molecule has 21 heavy (non-hydrogen) atoms. The maximum absolute atomic E-state index is 11.5. The van der Waals surface area contributed by atoms with Gasteiger partial charge in [0.15, 0.2) is 0 Å². The van der Waals surface area contributed by atoms with Gasteiger partial charge in [-0.1, -0.05) is 20.1 Å². The van der Waals surface area contributed by atoms with Crippen LogP contribution in [0.4, 0.5) is 0 Å². The third-order valence-electron chi connectivity index (χ3n) is 5.74. The maximum atomic E-state index is 11.5. The lowest BCUT2D eigenvalue weighted by Gasteiger charge is -2.36. The minimum Gasteiger partial charge on any atom is -0.459 e. The Labute approximate surface area is 125 Å². The van der Waals surface area contributed by atoms with Crippen molar-refractivity contribution in [2.24, 2.45) is 23.2 Å². The summed E-state index contributed by atoms with van der Waals surface area (Å²) in [4.78, 5) is 22.8. The molecule has 6 atom stereocenters. The molecule has 3 aliphatic rings. The van der Waals surface area contributed by atoms with Crippen molar-refractivity contribution in [3.05, 3.63) is 25.3 Å². The molecule has 0 aromatic heterocycles. The highest BCUT2D eigenvalue weighted by molar-refractivity contribution is 5.81. The molecule has 0 amide bonds. The van der Waals surface area contributed by atoms with Gasteiger partial charge in [0, 0.05) is 12.2 Å². The van der Waals surface area contributed by atoms with E-state index in [0.29, 0.717) is 17.8 Å². The molecule has 0 spiro atoms. The van der Waals surface area contributed by atoms with Crippen LogP contribution in [0.3, 0.4) is 0 Å². The van der Waals surface area contributed by atoms with E-state index in [2.05, 4.69) is 20.1 Å². The normalized spacial score (nSPS) is 43.2. The Morgan fingerprint density at radius 1 is 1.05 bits per heavy atom. The smallest absolute Gasteiger partial charge is 0.330 e. The predicted molar refractivity (Wildman–Crippen MR) is 77.2 cm³/mol. The van der Waals surface area contributed by atoms with E-state index in [0.717, 1.165) is 25.7 Å². The molecular weight excluding hydrogens is 268 g/mol. The molecule has 0 saturated heterocycles. The summed E-state index contributed by atoms with van der Waals surface area (Å²) < 4.78 is 10.9. The maximum Gasteiger partial charge on any atom is 0.330 e. The van der Waals surface area contributed by atoms with Crippen molar-refractivity contribution < 1.29 is 19.1 Å². The van der Waals surface area contributed by atoms with Gasteiger partial charge in [0.05, 0.1) is 0 Å². The summed E-state index contributed by atoms with van der Waals surface area (Å²) in [5.74, 6) is 0.793. The highest BCUT2D eigenvalue weighted by Gasteiger charge is 2.63. The Balaban J connectivity index is 1.69. The Bertz CT molecular complexity index is 497. The molecule has 6 unspecified atom stereocenters. The van der Waals surface area contributed by atoms with Crippen LogP contribution in [0.5, 0.6) is 0 Å². The Hall–Kier alpha value is -1.58. The van der Waals surface area contributed by atoms with E-state index >= 15 is 0 Å². The number of hydrogen-bond acceptors (Lipinski definition) is 4. The second-order valence-corrected chi connectivity index (χ2v) is 6.91. The fourth-order valence-electron chi connectivity index (χ4n) is 5.03. The Morgan fingerprint density at radius 2 is 1.71 bits per heavy atom. The molecule has 4 nitrogen and oxygen atoms in total. The first-order chi connectivity index (χ1) is 9.96. The molecular formula is C17H22O4. The summed E-state index contributed by atoms with van der Waals surface area (Å²) in [6, 6.07) is 0. The first kappa shape index (κ1) is 14.4. The van der Waals surface area contributed by atoms with E-state index in [-0.39, 0.29) is 29.6 Å². The molecule has 4 heteroatoms. The second-order valence-electron chi connectivity index (χ2n) is 6.91. The topological polar surface area (TPSA) is 52.6 Å². The lowest BCUT2D eigenvalue weighted by atomic mass is 9.72. The number of rotatable bonds is 4. The minimum absolute atomic E-state index is 0.00407. The van der Waals surface area contributed by atoms with Crippen molar-refractivity contribution in [1.29, 1.82) is 0 Å². The van der Waals surface area contributed by atoms with Crippen LogP contribution in [0, 0.1) is 23.2 Å². The summed E-state index contributed by atoms with van der Waals surface area (Å²) in [7, 11) is 0. The summed E-state index contributed by atoms with van der Waals surface area (Å²) >= 11 is 0. The van der Waals surface area contributed by atoms with Gasteiger partial charge in [0.25, 0.3) is 0 Å². The van der Waals surface area contributed by atoms with Gasteiger partial charge >= 0.3 is 11.9 Å². The standard InChI is InChI=1S/C17H22O4/c1-4-15(18)20-10-6-11-12-8-17(3,13(11)7-10)9-14(12)21-16(19)5-2/h4-5,10-14H,1-2,6-9H2,3H3. The van der Waals surface area contributed by atoms with Crippen LogP contribution < -0.4 is 0 Å². The van der Waals surface area contributed by atoms with Crippen molar-refractivity contribution in [2.45, 2.75) is 44.8 Å². The van der Waals surface area contributed by atoms with E-state index in [1.807, 2.05) is 0 Å². The van der Waals surface area contributed by atoms with E-state index < -0.39 is 0 Å². The molecule has 3 saturated carbocycles. The van der Waals surface area contributed by atoms with Crippen molar-refractivity contribution in [1.82, 2.24) is 0 Å². The highest BCUT2D eigenvalue weighted by atomic mass is 16.5.